The van der Waals surface area contributed by atoms with Crippen molar-refractivity contribution in [2.24, 2.45) is 17.8 Å². The van der Waals surface area contributed by atoms with Crippen LogP contribution < -0.4 is 0 Å². The van der Waals surface area contributed by atoms with E-state index in [1.54, 1.807) is 6.39 Å². The lowest BCUT2D eigenvalue weighted by atomic mass is 9.48. The van der Waals surface area contributed by atoms with E-state index in [1.807, 2.05) is 11.3 Å². The van der Waals surface area contributed by atoms with Crippen molar-refractivity contribution in [2.75, 3.05) is 0 Å². The Kier molecular flexibility index (Phi) is 6.31. The van der Waals surface area contributed by atoms with Crippen molar-refractivity contribution < 1.29 is 4.42 Å². The molecule has 12 rings (SSSR count). The molecule has 0 saturated heterocycles. The fourth-order valence-corrected chi connectivity index (χ4v) is 11.6. The first-order valence-corrected chi connectivity index (χ1v) is 18.9. The van der Waals surface area contributed by atoms with Gasteiger partial charge in [0.1, 0.15) is 5.52 Å². The lowest BCUT2D eigenvalue weighted by molar-refractivity contribution is -0.00487. The molecule has 5 aromatic carbocycles. The van der Waals surface area contributed by atoms with E-state index in [0.717, 1.165) is 51.4 Å². The molecule has 0 atom stereocenters. The van der Waals surface area contributed by atoms with E-state index < -0.39 is 0 Å². The van der Waals surface area contributed by atoms with Gasteiger partial charge in [-0.3, -0.25) is 0 Å². The topological polar surface area (TPSA) is 38.9 Å². The molecule has 4 bridgehead atoms. The Morgan fingerprint density at radius 3 is 1.76 bits per heavy atom. The maximum absolute atomic E-state index is 6.25. The zero-order chi connectivity index (χ0) is 32.8. The summed E-state index contributed by atoms with van der Waals surface area (Å²) >= 11 is 1.87. The molecule has 0 amide bonds. The van der Waals surface area contributed by atoms with Gasteiger partial charge in [0, 0.05) is 42.4 Å². The zero-order valence-corrected chi connectivity index (χ0v) is 28.6. The van der Waals surface area contributed by atoms with Gasteiger partial charge in [-0.05, 0) is 103 Å². The standard InChI is InChI=1S/C46H36N2OS/c1-3-7-31(8-4-1)40-20-35(21-41(48-40)32-9-5-2-6-10-32)33-11-13-37-38-14-12-34(23-43(38)50-42(37)22-33)36-15-16-39(45-44(36)47-27-49-45)46-24-28-17-29(25-46)19-30(18-28)26-46/h1-16,20-23,27-30H,17-19,24-26H2. The molecule has 0 spiro atoms. The van der Waals surface area contributed by atoms with Crippen molar-refractivity contribution in [3.05, 3.63) is 133 Å². The molecule has 8 aromatic rings. The summed E-state index contributed by atoms with van der Waals surface area (Å²) in [4.78, 5) is 9.94. The number of pyridine rings is 1. The van der Waals surface area contributed by atoms with Gasteiger partial charge in [0.25, 0.3) is 0 Å². The Hall–Kier alpha value is -5.06. The minimum absolute atomic E-state index is 0.275. The van der Waals surface area contributed by atoms with Crippen LogP contribution in [0.15, 0.2) is 132 Å². The molecule has 0 radical (unpaired) electrons. The average Bonchev–Trinajstić information content (AvgIpc) is 3.79. The molecule has 0 N–H and O–H groups in total. The summed E-state index contributed by atoms with van der Waals surface area (Å²) in [5, 5.41) is 2.59. The maximum atomic E-state index is 6.25. The Morgan fingerprint density at radius 1 is 0.560 bits per heavy atom. The van der Waals surface area contributed by atoms with Crippen LogP contribution in [-0.2, 0) is 5.41 Å². The quantitative estimate of drug-likeness (QED) is 0.184. The number of hydrogen-bond acceptors (Lipinski definition) is 4. The molecule has 4 aliphatic carbocycles. The van der Waals surface area contributed by atoms with Gasteiger partial charge in [-0.2, -0.15) is 0 Å². The summed E-state index contributed by atoms with van der Waals surface area (Å²) in [6.07, 6.45) is 9.97. The van der Waals surface area contributed by atoms with Gasteiger partial charge in [0.2, 0.25) is 0 Å². The van der Waals surface area contributed by atoms with E-state index in [4.69, 9.17) is 14.4 Å². The van der Waals surface area contributed by atoms with Gasteiger partial charge in [-0.1, -0.05) is 97.1 Å². The van der Waals surface area contributed by atoms with E-state index in [1.165, 1.54) is 86.5 Å². The summed E-state index contributed by atoms with van der Waals surface area (Å²) in [6, 6.07) is 44.0. The molecule has 0 unspecified atom stereocenters. The predicted octanol–water partition coefficient (Wildman–Crippen LogP) is 12.7. The summed E-state index contributed by atoms with van der Waals surface area (Å²) in [5.41, 5.74) is 12.7. The van der Waals surface area contributed by atoms with Crippen LogP contribution in [0.3, 0.4) is 0 Å². The molecule has 4 saturated carbocycles. The van der Waals surface area contributed by atoms with Crippen molar-refractivity contribution in [2.45, 2.75) is 43.9 Å². The van der Waals surface area contributed by atoms with E-state index in [2.05, 4.69) is 121 Å². The molecule has 4 fully saturated rings. The molecule has 3 nitrogen and oxygen atoms in total. The van der Waals surface area contributed by atoms with Crippen molar-refractivity contribution >= 4 is 42.6 Å². The van der Waals surface area contributed by atoms with Gasteiger partial charge >= 0.3 is 0 Å². The smallest absolute Gasteiger partial charge is 0.182 e. The third kappa shape index (κ3) is 4.54. The third-order valence-electron chi connectivity index (χ3n) is 12.2. The highest BCUT2D eigenvalue weighted by molar-refractivity contribution is 7.25. The highest BCUT2D eigenvalue weighted by atomic mass is 32.1. The largest absolute Gasteiger partial charge is 0.443 e. The Labute approximate surface area is 295 Å². The monoisotopic (exact) mass is 664 g/mol. The number of oxazole rings is 1. The molecule has 4 heteroatoms. The normalized spacial score (nSPS) is 22.6. The van der Waals surface area contributed by atoms with Crippen LogP contribution >= 0.6 is 11.3 Å². The molecule has 242 valence electrons. The first-order valence-electron chi connectivity index (χ1n) is 18.1. The van der Waals surface area contributed by atoms with Crippen LogP contribution in [0.4, 0.5) is 0 Å². The van der Waals surface area contributed by atoms with E-state index in [0.29, 0.717) is 0 Å². The van der Waals surface area contributed by atoms with Gasteiger partial charge in [0.05, 0.1) is 11.4 Å². The lowest BCUT2D eigenvalue weighted by Crippen LogP contribution is -2.48. The Morgan fingerprint density at radius 2 is 1.14 bits per heavy atom. The average molecular weight is 665 g/mol. The highest BCUT2D eigenvalue weighted by Crippen LogP contribution is 2.61. The van der Waals surface area contributed by atoms with Crippen LogP contribution in [0.1, 0.15) is 44.1 Å². The molecule has 50 heavy (non-hydrogen) atoms. The second-order valence-corrected chi connectivity index (χ2v) is 16.4. The van der Waals surface area contributed by atoms with Crippen molar-refractivity contribution in [3.63, 3.8) is 0 Å². The Balaban J connectivity index is 0.988. The fourth-order valence-electron chi connectivity index (χ4n) is 10.4. The zero-order valence-electron chi connectivity index (χ0n) is 27.8. The SMILES string of the molecule is c1ccc(-c2cc(-c3ccc4c(c3)sc3cc(-c5ccc(C67CC8CC(CC(C8)C6)C7)c6ocnc56)ccc34)cc(-c3ccccc3)n2)cc1. The number of rotatable bonds is 5. The lowest BCUT2D eigenvalue weighted by Gasteiger charge is -2.57. The number of nitrogens with zero attached hydrogens (tertiary/aromatic N) is 2. The Bertz CT molecular complexity index is 2490. The highest BCUT2D eigenvalue weighted by Gasteiger charge is 2.52. The molecular weight excluding hydrogens is 629 g/mol. The van der Waals surface area contributed by atoms with Crippen LogP contribution in [0.5, 0.6) is 0 Å². The van der Waals surface area contributed by atoms with Crippen molar-refractivity contribution in [3.8, 4) is 44.8 Å². The van der Waals surface area contributed by atoms with Crippen LogP contribution in [0.25, 0.3) is 76.0 Å². The minimum atomic E-state index is 0.275. The summed E-state index contributed by atoms with van der Waals surface area (Å²) in [5.74, 6) is 2.68. The van der Waals surface area contributed by atoms with Gasteiger partial charge in [-0.25, -0.2) is 9.97 Å². The first kappa shape index (κ1) is 28.7. The number of hydrogen-bond donors (Lipinski definition) is 0. The van der Waals surface area contributed by atoms with Gasteiger partial charge in [0.15, 0.2) is 12.0 Å². The minimum Gasteiger partial charge on any atom is -0.443 e. The first-order chi connectivity index (χ1) is 24.7. The van der Waals surface area contributed by atoms with Gasteiger partial charge < -0.3 is 4.42 Å². The predicted molar refractivity (Wildman–Crippen MR) is 206 cm³/mol. The maximum Gasteiger partial charge on any atom is 0.182 e. The molecule has 3 aromatic heterocycles. The van der Waals surface area contributed by atoms with Gasteiger partial charge in [-0.15, -0.1) is 11.3 Å². The molecule has 0 aliphatic heterocycles. The van der Waals surface area contributed by atoms with E-state index >= 15 is 0 Å². The number of benzene rings is 5. The third-order valence-corrected chi connectivity index (χ3v) is 13.3. The molecular formula is C46H36N2OS. The molecule has 3 heterocycles. The number of fused-ring (bicyclic) bond motifs is 4. The number of aromatic nitrogens is 2. The van der Waals surface area contributed by atoms with Crippen LogP contribution in [0, 0.1) is 17.8 Å². The van der Waals surface area contributed by atoms with E-state index in [-0.39, 0.29) is 5.41 Å². The molecule has 4 aliphatic rings. The fraction of sp³-hybridized carbons (Fsp3) is 0.217. The van der Waals surface area contributed by atoms with Crippen LogP contribution in [-0.4, -0.2) is 9.97 Å². The summed E-state index contributed by atoms with van der Waals surface area (Å²) in [6.45, 7) is 0. The van der Waals surface area contributed by atoms with E-state index in [9.17, 15) is 0 Å². The second kappa shape index (κ2) is 11.0. The van der Waals surface area contributed by atoms with Crippen LogP contribution in [0.2, 0.25) is 0 Å². The second-order valence-electron chi connectivity index (χ2n) is 15.3. The van der Waals surface area contributed by atoms with Crippen molar-refractivity contribution in [1.29, 1.82) is 0 Å². The number of thiophene rings is 1. The summed E-state index contributed by atoms with van der Waals surface area (Å²) in [7, 11) is 0. The summed E-state index contributed by atoms with van der Waals surface area (Å²) < 4.78 is 8.83. The van der Waals surface area contributed by atoms with Crippen molar-refractivity contribution in [1.82, 2.24) is 9.97 Å².